The maximum absolute atomic E-state index is 5.96. The van der Waals surface area contributed by atoms with Crippen molar-refractivity contribution in [3.63, 3.8) is 0 Å². The smallest absolute Gasteiger partial charge is 0.191 e. The van der Waals surface area contributed by atoms with E-state index in [-0.39, 0.29) is 6.10 Å². The van der Waals surface area contributed by atoms with Crippen molar-refractivity contribution in [2.45, 2.75) is 13.0 Å². The third kappa shape index (κ3) is 2.54. The van der Waals surface area contributed by atoms with Gasteiger partial charge in [0.15, 0.2) is 11.9 Å². The van der Waals surface area contributed by atoms with Crippen LogP contribution in [-0.4, -0.2) is 24.7 Å². The van der Waals surface area contributed by atoms with Crippen molar-refractivity contribution in [1.29, 1.82) is 0 Å². The zero-order chi connectivity index (χ0) is 15.0. The molecule has 0 saturated heterocycles. The molecule has 7 nitrogen and oxygen atoms in total. The highest BCUT2D eigenvalue weighted by molar-refractivity contribution is 9.10. The van der Waals surface area contributed by atoms with Crippen molar-refractivity contribution in [1.82, 2.24) is 24.7 Å². The quantitative estimate of drug-likeness (QED) is 0.780. The van der Waals surface area contributed by atoms with E-state index in [4.69, 9.17) is 10.5 Å². The van der Waals surface area contributed by atoms with Gasteiger partial charge in [0.05, 0.1) is 10.9 Å². The van der Waals surface area contributed by atoms with Gasteiger partial charge in [-0.2, -0.15) is 5.10 Å². The maximum atomic E-state index is 5.96. The van der Waals surface area contributed by atoms with E-state index in [9.17, 15) is 0 Å². The van der Waals surface area contributed by atoms with Crippen molar-refractivity contribution >= 4 is 32.7 Å². The van der Waals surface area contributed by atoms with E-state index in [1.807, 2.05) is 26.1 Å². The van der Waals surface area contributed by atoms with Crippen molar-refractivity contribution in [3.8, 4) is 5.75 Å². The van der Waals surface area contributed by atoms with E-state index in [0.717, 1.165) is 4.47 Å². The van der Waals surface area contributed by atoms with Gasteiger partial charge < -0.3 is 10.5 Å². The molecule has 2 aromatic heterocycles. The number of hydrogen-bond donors (Lipinski definition) is 1. The van der Waals surface area contributed by atoms with E-state index in [2.05, 4.69) is 36.0 Å². The van der Waals surface area contributed by atoms with Gasteiger partial charge in [0.2, 0.25) is 0 Å². The summed E-state index contributed by atoms with van der Waals surface area (Å²) in [5, 5.41) is 4.91. The topological polar surface area (TPSA) is 91.7 Å². The summed E-state index contributed by atoms with van der Waals surface area (Å²) in [6, 6.07) is 3.69. The molecule has 0 bridgehead atoms. The average Bonchev–Trinajstić information content (AvgIpc) is 2.89. The van der Waals surface area contributed by atoms with E-state index in [1.165, 1.54) is 6.33 Å². The van der Waals surface area contributed by atoms with Crippen molar-refractivity contribution in [2.24, 2.45) is 7.05 Å². The van der Waals surface area contributed by atoms with Crippen LogP contribution in [0.25, 0.3) is 10.9 Å². The molecule has 0 spiro atoms. The lowest BCUT2D eigenvalue weighted by atomic mass is 10.2. The zero-order valence-corrected chi connectivity index (χ0v) is 13.1. The predicted octanol–water partition coefficient (Wildman–Crippen LogP) is 2.24. The average molecular weight is 349 g/mol. The van der Waals surface area contributed by atoms with Crippen LogP contribution in [0.3, 0.4) is 0 Å². The number of fused-ring (bicyclic) bond motifs is 1. The second kappa shape index (κ2) is 5.28. The van der Waals surface area contributed by atoms with E-state index >= 15 is 0 Å². The summed E-state index contributed by atoms with van der Waals surface area (Å²) in [5.41, 5.74) is 6.67. The number of anilines is 1. The van der Waals surface area contributed by atoms with Gasteiger partial charge in [0.1, 0.15) is 24.2 Å². The Kier molecular flexibility index (Phi) is 3.46. The number of benzene rings is 1. The van der Waals surface area contributed by atoms with Gasteiger partial charge in [-0.05, 0) is 35.0 Å². The first kappa shape index (κ1) is 13.7. The van der Waals surface area contributed by atoms with Crippen LogP contribution >= 0.6 is 15.9 Å². The number of aryl methyl sites for hydroxylation is 1. The van der Waals surface area contributed by atoms with Crippen LogP contribution < -0.4 is 10.5 Å². The third-order valence-corrected chi connectivity index (χ3v) is 3.65. The van der Waals surface area contributed by atoms with Crippen molar-refractivity contribution in [2.75, 3.05) is 5.73 Å². The van der Waals surface area contributed by atoms with E-state index < -0.39 is 0 Å². The molecule has 1 aromatic carbocycles. The minimum Gasteiger partial charge on any atom is -0.482 e. The Morgan fingerprint density at radius 1 is 1.29 bits per heavy atom. The lowest BCUT2D eigenvalue weighted by Crippen LogP contribution is -2.07. The van der Waals surface area contributed by atoms with Gasteiger partial charge in [0, 0.05) is 11.5 Å². The lowest BCUT2D eigenvalue weighted by molar-refractivity contribution is 0.219. The first-order valence-electron chi connectivity index (χ1n) is 6.27. The van der Waals surface area contributed by atoms with Crippen molar-refractivity contribution < 1.29 is 4.74 Å². The fraction of sp³-hybridized carbons (Fsp3) is 0.231. The molecule has 21 heavy (non-hydrogen) atoms. The number of nitrogens with two attached hydrogens (primary N) is 1. The van der Waals surface area contributed by atoms with Gasteiger partial charge in [-0.1, -0.05) is 0 Å². The minimum absolute atomic E-state index is 0.310. The molecular weight excluding hydrogens is 336 g/mol. The predicted molar refractivity (Wildman–Crippen MR) is 81.7 cm³/mol. The van der Waals surface area contributed by atoms with Crippen molar-refractivity contribution in [3.05, 3.63) is 35.1 Å². The molecule has 3 rings (SSSR count). The Morgan fingerprint density at radius 2 is 2.10 bits per heavy atom. The highest BCUT2D eigenvalue weighted by Gasteiger charge is 2.16. The summed E-state index contributed by atoms with van der Waals surface area (Å²) >= 11 is 3.45. The van der Waals surface area contributed by atoms with Crippen LogP contribution in [0.15, 0.2) is 29.3 Å². The molecule has 1 atom stereocenters. The van der Waals surface area contributed by atoms with Gasteiger partial charge in [0.25, 0.3) is 0 Å². The maximum Gasteiger partial charge on any atom is 0.191 e. The molecule has 108 valence electrons. The number of nitrogens with zero attached hydrogens (tertiary/aromatic N) is 5. The standard InChI is InChI=1S/C13H13BrN6O/c1-7(13-18-6-20(2)19-13)21-9-4-3-8(14)11-10(9)12(15)17-5-16-11/h3-7H,1-2H3,(H2,15,16,17). The molecule has 0 aliphatic carbocycles. The lowest BCUT2D eigenvalue weighted by Gasteiger charge is -2.14. The Labute approximate surface area is 129 Å². The fourth-order valence-corrected chi connectivity index (χ4v) is 2.45. The molecule has 8 heteroatoms. The Hall–Kier alpha value is -2.22. The zero-order valence-electron chi connectivity index (χ0n) is 11.5. The van der Waals surface area contributed by atoms with E-state index in [0.29, 0.717) is 28.3 Å². The molecule has 0 aliphatic heterocycles. The fourth-order valence-electron chi connectivity index (χ4n) is 2.02. The second-order valence-corrected chi connectivity index (χ2v) is 5.42. The summed E-state index contributed by atoms with van der Waals surface area (Å²) in [7, 11) is 1.81. The van der Waals surface area contributed by atoms with Gasteiger partial charge >= 0.3 is 0 Å². The highest BCUT2D eigenvalue weighted by Crippen LogP contribution is 2.34. The van der Waals surface area contributed by atoms with Crippen LogP contribution in [0, 0.1) is 0 Å². The molecule has 2 heterocycles. The van der Waals surface area contributed by atoms with Gasteiger partial charge in [-0.15, -0.1) is 0 Å². The van der Waals surface area contributed by atoms with Crippen LogP contribution in [0.1, 0.15) is 18.9 Å². The van der Waals surface area contributed by atoms with Crippen LogP contribution in [0.2, 0.25) is 0 Å². The number of ether oxygens (including phenoxy) is 1. The highest BCUT2D eigenvalue weighted by atomic mass is 79.9. The number of rotatable bonds is 3. The summed E-state index contributed by atoms with van der Waals surface area (Å²) in [4.78, 5) is 12.4. The molecule has 0 fully saturated rings. The SMILES string of the molecule is CC(Oc1ccc(Br)c2ncnc(N)c12)c1ncn(C)n1. The molecule has 0 amide bonds. The third-order valence-electron chi connectivity index (χ3n) is 3.01. The summed E-state index contributed by atoms with van der Waals surface area (Å²) in [5.74, 6) is 1.58. The Morgan fingerprint density at radius 3 is 2.81 bits per heavy atom. The number of hydrogen-bond acceptors (Lipinski definition) is 6. The van der Waals surface area contributed by atoms with Crippen LogP contribution in [-0.2, 0) is 7.05 Å². The minimum atomic E-state index is -0.310. The number of aromatic nitrogens is 5. The van der Waals surface area contributed by atoms with Gasteiger partial charge in [-0.25, -0.2) is 15.0 Å². The first-order chi connectivity index (χ1) is 10.1. The van der Waals surface area contributed by atoms with Gasteiger partial charge in [-0.3, -0.25) is 4.68 Å². The largest absolute Gasteiger partial charge is 0.482 e. The molecular formula is C13H13BrN6O. The molecule has 1 unspecified atom stereocenters. The molecule has 0 saturated carbocycles. The second-order valence-electron chi connectivity index (χ2n) is 4.56. The first-order valence-corrected chi connectivity index (χ1v) is 7.06. The Bertz CT molecular complexity index is 802. The Balaban J connectivity index is 2.03. The van der Waals surface area contributed by atoms with Crippen LogP contribution in [0.4, 0.5) is 5.82 Å². The monoisotopic (exact) mass is 348 g/mol. The van der Waals surface area contributed by atoms with E-state index in [1.54, 1.807) is 11.0 Å². The molecule has 3 aromatic rings. The molecule has 0 radical (unpaired) electrons. The van der Waals surface area contributed by atoms with Crippen LogP contribution in [0.5, 0.6) is 5.75 Å². The molecule has 0 aliphatic rings. The summed E-state index contributed by atoms with van der Waals surface area (Å²) in [6.07, 6.45) is 2.75. The number of nitrogen functional groups attached to an aromatic ring is 1. The normalized spacial score (nSPS) is 12.5. The summed E-state index contributed by atoms with van der Waals surface area (Å²) < 4.78 is 8.41. The summed E-state index contributed by atoms with van der Waals surface area (Å²) in [6.45, 7) is 1.88. The number of halogens is 1. The molecule has 2 N–H and O–H groups in total.